The average molecular weight is 299 g/mol. The summed E-state index contributed by atoms with van der Waals surface area (Å²) in [5.74, 6) is -1.22. The van der Waals surface area contributed by atoms with E-state index in [-0.39, 0.29) is 12.5 Å². The normalized spacial score (nSPS) is 18.7. The van der Waals surface area contributed by atoms with Crippen molar-refractivity contribution >= 4 is 17.9 Å². The molecule has 0 aromatic heterocycles. The Hall–Kier alpha value is -1.79. The van der Waals surface area contributed by atoms with E-state index >= 15 is 0 Å². The smallest absolute Gasteiger partial charge is 0.323 e. The summed E-state index contributed by atoms with van der Waals surface area (Å²) in [4.78, 5) is 40.4. The van der Waals surface area contributed by atoms with E-state index in [1.54, 1.807) is 46.6 Å². The van der Waals surface area contributed by atoms with Gasteiger partial charge in [0.25, 0.3) is 0 Å². The minimum Gasteiger partial charge on any atom is -0.480 e. The molecule has 0 atom stereocenters. The molecule has 21 heavy (non-hydrogen) atoms. The van der Waals surface area contributed by atoms with Crippen LogP contribution in [0.3, 0.4) is 0 Å². The van der Waals surface area contributed by atoms with Gasteiger partial charge in [-0.1, -0.05) is 0 Å². The number of likely N-dealkylation sites (N-methyl/N-ethyl adjacent to an activating group) is 1. The Morgan fingerprint density at radius 2 is 1.81 bits per heavy atom. The van der Waals surface area contributed by atoms with Gasteiger partial charge in [-0.2, -0.15) is 0 Å². The molecule has 1 N–H and O–H groups in total. The van der Waals surface area contributed by atoms with E-state index in [9.17, 15) is 14.4 Å². The topological polar surface area (TPSA) is 81.2 Å². The molecule has 0 aromatic carbocycles. The third-order valence-corrected chi connectivity index (χ3v) is 3.77. The molecule has 1 heterocycles. The Morgan fingerprint density at radius 3 is 2.24 bits per heavy atom. The summed E-state index contributed by atoms with van der Waals surface area (Å²) in [6, 6.07) is -0.420. The van der Waals surface area contributed by atoms with Gasteiger partial charge in [0.15, 0.2) is 0 Å². The van der Waals surface area contributed by atoms with Crippen molar-refractivity contribution in [2.45, 2.75) is 45.7 Å². The van der Waals surface area contributed by atoms with Crippen molar-refractivity contribution in [1.29, 1.82) is 0 Å². The number of nitrogens with zero attached hydrogens (tertiary/aromatic N) is 3. The van der Waals surface area contributed by atoms with Gasteiger partial charge in [0, 0.05) is 25.7 Å². The van der Waals surface area contributed by atoms with Gasteiger partial charge in [0.05, 0.1) is 0 Å². The first-order valence-electron chi connectivity index (χ1n) is 6.95. The Kier molecular flexibility index (Phi) is 4.55. The quantitative estimate of drug-likeness (QED) is 0.819. The number of aliphatic carboxylic acids is 1. The molecule has 1 aliphatic rings. The SMILES string of the molecule is CN1CCN(C(=O)N(CC(=O)O)C(C)(C)C)C(C)(C)C1=O. The van der Waals surface area contributed by atoms with Crippen LogP contribution in [-0.4, -0.2) is 75.5 Å². The molecule has 3 amide bonds. The van der Waals surface area contributed by atoms with Crippen LogP contribution in [0, 0.1) is 0 Å². The third kappa shape index (κ3) is 3.46. The molecule has 7 nitrogen and oxygen atoms in total. The fraction of sp³-hybridized carbons (Fsp3) is 0.786. The van der Waals surface area contributed by atoms with Crippen molar-refractivity contribution in [3.8, 4) is 0 Å². The highest BCUT2D eigenvalue weighted by atomic mass is 16.4. The van der Waals surface area contributed by atoms with Crippen molar-refractivity contribution in [2.75, 3.05) is 26.7 Å². The lowest BCUT2D eigenvalue weighted by Crippen LogP contribution is -2.67. The maximum Gasteiger partial charge on any atom is 0.323 e. The molecular weight excluding hydrogens is 274 g/mol. The largest absolute Gasteiger partial charge is 0.480 e. The Balaban J connectivity index is 3.09. The maximum absolute atomic E-state index is 12.8. The summed E-state index contributed by atoms with van der Waals surface area (Å²) in [5, 5.41) is 9.03. The average Bonchev–Trinajstić information content (AvgIpc) is 2.31. The second kappa shape index (κ2) is 5.54. The second-order valence-corrected chi connectivity index (χ2v) is 6.87. The molecule has 1 saturated heterocycles. The number of hydrogen-bond acceptors (Lipinski definition) is 3. The molecule has 0 unspecified atom stereocenters. The third-order valence-electron chi connectivity index (χ3n) is 3.77. The summed E-state index contributed by atoms with van der Waals surface area (Å²) in [6.07, 6.45) is 0. The first-order valence-corrected chi connectivity index (χ1v) is 6.95. The Bertz CT molecular complexity index is 454. The number of amides is 3. The molecule has 0 radical (unpaired) electrons. The number of carbonyl (C=O) groups excluding carboxylic acids is 2. The summed E-state index contributed by atoms with van der Waals surface area (Å²) in [5.41, 5.74) is -1.62. The van der Waals surface area contributed by atoms with Gasteiger partial charge < -0.3 is 19.8 Å². The number of carboxylic acids is 1. The lowest BCUT2D eigenvalue weighted by atomic mass is 9.97. The number of hydrogen-bond donors (Lipinski definition) is 1. The van der Waals surface area contributed by atoms with Crippen LogP contribution in [0.15, 0.2) is 0 Å². The van der Waals surface area contributed by atoms with Crippen LogP contribution in [-0.2, 0) is 9.59 Å². The fourth-order valence-electron chi connectivity index (χ4n) is 2.42. The minimum absolute atomic E-state index is 0.147. The zero-order valence-corrected chi connectivity index (χ0v) is 13.6. The summed E-state index contributed by atoms with van der Waals surface area (Å²) in [7, 11) is 1.70. The lowest BCUT2D eigenvalue weighted by molar-refractivity contribution is -0.145. The maximum atomic E-state index is 12.8. The van der Waals surface area contributed by atoms with Gasteiger partial charge in [0.1, 0.15) is 12.1 Å². The molecule has 0 aliphatic carbocycles. The van der Waals surface area contributed by atoms with Crippen LogP contribution >= 0.6 is 0 Å². The predicted octanol–water partition coefficient (Wildman–Crippen LogP) is 0.844. The van der Waals surface area contributed by atoms with Crippen molar-refractivity contribution in [2.24, 2.45) is 0 Å². The van der Waals surface area contributed by atoms with E-state index in [0.717, 1.165) is 0 Å². The van der Waals surface area contributed by atoms with Crippen LogP contribution < -0.4 is 0 Å². The van der Waals surface area contributed by atoms with Gasteiger partial charge in [-0.05, 0) is 34.6 Å². The van der Waals surface area contributed by atoms with E-state index in [1.165, 1.54) is 9.80 Å². The number of carbonyl (C=O) groups is 3. The molecule has 120 valence electrons. The van der Waals surface area contributed by atoms with Crippen molar-refractivity contribution in [3.63, 3.8) is 0 Å². The van der Waals surface area contributed by atoms with Crippen molar-refractivity contribution in [1.82, 2.24) is 14.7 Å². The van der Waals surface area contributed by atoms with Crippen LogP contribution in [0.1, 0.15) is 34.6 Å². The molecule has 1 aliphatic heterocycles. The van der Waals surface area contributed by atoms with Gasteiger partial charge in [-0.15, -0.1) is 0 Å². The monoisotopic (exact) mass is 299 g/mol. The number of urea groups is 1. The Morgan fingerprint density at radius 1 is 1.29 bits per heavy atom. The minimum atomic E-state index is -1.07. The summed E-state index contributed by atoms with van der Waals surface area (Å²) in [6.45, 7) is 9.14. The molecule has 1 rings (SSSR count). The molecule has 0 spiro atoms. The highest BCUT2D eigenvalue weighted by molar-refractivity contribution is 5.92. The van der Waals surface area contributed by atoms with E-state index in [0.29, 0.717) is 13.1 Å². The van der Waals surface area contributed by atoms with E-state index in [4.69, 9.17) is 5.11 Å². The zero-order valence-electron chi connectivity index (χ0n) is 13.6. The van der Waals surface area contributed by atoms with Gasteiger partial charge in [0.2, 0.25) is 5.91 Å². The number of piperazine rings is 1. The molecule has 0 saturated carbocycles. The van der Waals surface area contributed by atoms with E-state index in [2.05, 4.69) is 0 Å². The second-order valence-electron chi connectivity index (χ2n) is 6.87. The molecule has 7 heteroatoms. The lowest BCUT2D eigenvalue weighted by Gasteiger charge is -2.48. The number of carboxylic acid groups (broad SMARTS) is 1. The van der Waals surface area contributed by atoms with Crippen LogP contribution in [0.5, 0.6) is 0 Å². The van der Waals surface area contributed by atoms with Crippen LogP contribution in [0.25, 0.3) is 0 Å². The molecular formula is C14H25N3O4. The fourth-order valence-corrected chi connectivity index (χ4v) is 2.42. The van der Waals surface area contributed by atoms with Crippen LogP contribution in [0.4, 0.5) is 4.79 Å². The Labute approximate surface area is 125 Å². The number of rotatable bonds is 2. The highest BCUT2D eigenvalue weighted by Gasteiger charge is 2.46. The summed E-state index contributed by atoms with van der Waals surface area (Å²) < 4.78 is 0. The van der Waals surface area contributed by atoms with E-state index < -0.39 is 23.1 Å². The molecule has 1 fully saturated rings. The first-order chi connectivity index (χ1) is 9.39. The highest BCUT2D eigenvalue weighted by Crippen LogP contribution is 2.25. The first kappa shape index (κ1) is 17.3. The van der Waals surface area contributed by atoms with Gasteiger partial charge in [-0.25, -0.2) is 4.79 Å². The summed E-state index contributed by atoms with van der Waals surface area (Å²) >= 11 is 0. The van der Waals surface area contributed by atoms with Gasteiger partial charge in [-0.3, -0.25) is 9.59 Å². The predicted molar refractivity (Wildman–Crippen MR) is 77.9 cm³/mol. The van der Waals surface area contributed by atoms with E-state index in [1.807, 2.05) is 0 Å². The van der Waals surface area contributed by atoms with Crippen molar-refractivity contribution < 1.29 is 19.5 Å². The van der Waals surface area contributed by atoms with Crippen molar-refractivity contribution in [3.05, 3.63) is 0 Å². The van der Waals surface area contributed by atoms with Gasteiger partial charge >= 0.3 is 12.0 Å². The molecule has 0 aromatic rings. The molecule has 0 bridgehead atoms. The van der Waals surface area contributed by atoms with Crippen LogP contribution in [0.2, 0.25) is 0 Å². The standard InChI is InChI=1S/C14H25N3O4/c1-13(2,3)17(9-10(18)19)12(21)16-8-7-15(6)11(20)14(16,4)5/h7-9H2,1-6H3,(H,18,19). The zero-order chi connectivity index (χ0) is 16.6.